The average molecular weight is 651 g/mol. The van der Waals surface area contributed by atoms with Crippen LogP contribution in [0, 0.1) is 10.1 Å². The number of hydrogen-bond donors (Lipinski definition) is 1. The van der Waals surface area contributed by atoms with Crippen LogP contribution in [0.5, 0.6) is 0 Å². The van der Waals surface area contributed by atoms with Crippen LogP contribution in [0.15, 0.2) is 101 Å². The Morgan fingerprint density at radius 1 is 1.09 bits per heavy atom. The summed E-state index contributed by atoms with van der Waals surface area (Å²) in [5, 5.41) is 15.3. The first kappa shape index (κ1) is 31.6. The van der Waals surface area contributed by atoms with Gasteiger partial charge >= 0.3 is 11.9 Å². The molecule has 0 aromatic heterocycles. The van der Waals surface area contributed by atoms with Crippen molar-refractivity contribution in [2.24, 2.45) is 10.1 Å². The summed E-state index contributed by atoms with van der Waals surface area (Å²) in [5.41, 5.74) is 1.32. The van der Waals surface area contributed by atoms with Crippen LogP contribution in [0.2, 0.25) is 0 Å². The van der Waals surface area contributed by atoms with Crippen molar-refractivity contribution in [3.8, 4) is 0 Å². The lowest BCUT2D eigenvalue weighted by atomic mass is 10.0. The summed E-state index contributed by atoms with van der Waals surface area (Å²) < 4.78 is 37.1. The third kappa shape index (κ3) is 6.09. The molecule has 1 unspecified atom stereocenters. The van der Waals surface area contributed by atoms with E-state index < -0.39 is 49.1 Å². The van der Waals surface area contributed by atoms with E-state index in [1.807, 2.05) is 0 Å². The number of thioether (sulfide) groups is 1. The number of β-lactam (4-membered cyclic amide) rings is 1. The van der Waals surface area contributed by atoms with Crippen molar-refractivity contribution in [3.05, 3.63) is 123 Å². The summed E-state index contributed by atoms with van der Waals surface area (Å²) in [6, 6.07) is 22.9. The van der Waals surface area contributed by atoms with Gasteiger partial charge in [-0.3, -0.25) is 29.6 Å². The number of carbonyl (C=O) groups is 3. The summed E-state index contributed by atoms with van der Waals surface area (Å²) in [6.07, 6.45) is 0.191. The van der Waals surface area contributed by atoms with E-state index >= 15 is 0 Å². The molecule has 1 saturated heterocycles. The van der Waals surface area contributed by atoms with E-state index in [-0.39, 0.29) is 34.9 Å². The van der Waals surface area contributed by atoms with Crippen LogP contribution in [0.1, 0.15) is 29.7 Å². The maximum atomic E-state index is 14.0. The summed E-state index contributed by atoms with van der Waals surface area (Å²) in [5.74, 6) is -2.70. The van der Waals surface area contributed by atoms with Crippen molar-refractivity contribution in [2.45, 2.75) is 23.3 Å². The number of sulfonamides is 1. The Kier molecular flexibility index (Phi) is 8.86. The number of primary sulfonamides is 1. The van der Waals surface area contributed by atoms with E-state index in [1.165, 1.54) is 31.2 Å². The minimum absolute atomic E-state index is 0.0160. The number of nitrogens with zero attached hydrogens (tertiary/aromatic N) is 3. The number of non-ortho nitro benzene ring substituents is 1. The van der Waals surface area contributed by atoms with E-state index in [0.29, 0.717) is 11.1 Å². The highest BCUT2D eigenvalue weighted by atomic mass is 32.2. The molecule has 2 N–H and O–H groups in total. The maximum Gasteiger partial charge on any atom is 0.356 e. The fraction of sp³-hybridized carbons (Fsp3) is 0.200. The fourth-order valence-corrected chi connectivity index (χ4v) is 7.77. The first-order valence-electron chi connectivity index (χ1n) is 13.4. The predicted molar refractivity (Wildman–Crippen MR) is 164 cm³/mol. The molecule has 5 rings (SSSR count). The van der Waals surface area contributed by atoms with E-state index in [0.717, 1.165) is 22.9 Å². The van der Waals surface area contributed by atoms with Gasteiger partial charge in [-0.2, -0.15) is 0 Å². The van der Waals surface area contributed by atoms with Gasteiger partial charge in [0.15, 0.2) is 6.10 Å². The lowest BCUT2D eigenvalue weighted by Crippen LogP contribution is -2.77. The first-order valence-corrected chi connectivity index (χ1v) is 16.0. The zero-order valence-electron chi connectivity index (χ0n) is 23.6. The smallest absolute Gasteiger partial charge is 0.356 e. The lowest BCUT2D eigenvalue weighted by molar-refractivity contribution is -0.384. The van der Waals surface area contributed by atoms with E-state index in [4.69, 9.17) is 14.6 Å². The van der Waals surface area contributed by atoms with Crippen molar-refractivity contribution in [1.82, 2.24) is 4.90 Å². The van der Waals surface area contributed by atoms with Crippen LogP contribution >= 0.6 is 11.8 Å². The second-order valence-electron chi connectivity index (χ2n) is 10.0. The Morgan fingerprint density at radius 3 is 2.18 bits per heavy atom. The zero-order chi connectivity index (χ0) is 32.4. The zero-order valence-corrected chi connectivity index (χ0v) is 25.3. The Labute approximate surface area is 261 Å². The Morgan fingerprint density at radius 2 is 1.67 bits per heavy atom. The summed E-state index contributed by atoms with van der Waals surface area (Å²) in [7, 11) is -4.72. The third-order valence-electron chi connectivity index (χ3n) is 7.10. The number of nitrogens with two attached hydrogens (primary N) is 1. The number of aliphatic imine (C=N–C) groups is 1. The van der Waals surface area contributed by atoms with Crippen molar-refractivity contribution < 1.29 is 37.2 Å². The number of nitro benzene ring substituents is 1. The second kappa shape index (κ2) is 12.6. The van der Waals surface area contributed by atoms with Gasteiger partial charge in [0, 0.05) is 36.6 Å². The summed E-state index contributed by atoms with van der Waals surface area (Å²) >= 11 is 0.971. The molecule has 3 aromatic rings. The van der Waals surface area contributed by atoms with E-state index in [2.05, 4.69) is 4.99 Å². The SMILES string of the molecule is CC(=O)OCC1=C(C(=O)OC(c2ccccc2)c2ccccc2)N2C(=O)C(N=Cc3ccc([N+](=O)[O-])cc3)(S(N)(=O)=O)[C@H]2SC1. The van der Waals surface area contributed by atoms with Crippen molar-refractivity contribution in [1.29, 1.82) is 0 Å². The quantitative estimate of drug-likeness (QED) is 0.112. The molecule has 2 aliphatic rings. The molecule has 15 heteroatoms. The Bertz CT molecular complexity index is 1780. The molecule has 2 aliphatic heterocycles. The number of rotatable bonds is 10. The highest BCUT2D eigenvalue weighted by Crippen LogP contribution is 2.50. The molecule has 232 valence electrons. The van der Waals surface area contributed by atoms with E-state index in [9.17, 15) is 32.9 Å². The van der Waals surface area contributed by atoms with Crippen molar-refractivity contribution >= 4 is 51.5 Å². The number of carbonyl (C=O) groups excluding carboxylic acids is 3. The minimum atomic E-state index is -4.72. The number of benzene rings is 3. The van der Waals surface area contributed by atoms with Crippen LogP contribution in [-0.2, 0) is 33.9 Å². The van der Waals surface area contributed by atoms with Crippen LogP contribution in [0.4, 0.5) is 5.69 Å². The first-order chi connectivity index (χ1) is 21.4. The monoisotopic (exact) mass is 650 g/mol. The number of hydrogen-bond acceptors (Lipinski definition) is 11. The van der Waals surface area contributed by atoms with Crippen molar-refractivity contribution in [2.75, 3.05) is 12.4 Å². The van der Waals surface area contributed by atoms with Gasteiger partial charge in [0.1, 0.15) is 17.7 Å². The molecular formula is C30H26N4O9S2. The van der Waals surface area contributed by atoms with Crippen LogP contribution in [0.25, 0.3) is 0 Å². The fourth-order valence-electron chi connectivity index (χ4n) is 4.91. The van der Waals surface area contributed by atoms with Crippen molar-refractivity contribution in [3.63, 3.8) is 0 Å². The largest absolute Gasteiger partial charge is 0.461 e. The predicted octanol–water partition coefficient (Wildman–Crippen LogP) is 3.06. The highest BCUT2D eigenvalue weighted by Gasteiger charge is 2.71. The molecule has 0 aliphatic carbocycles. The summed E-state index contributed by atoms with van der Waals surface area (Å²) in [4.78, 5) is 52.4. The molecule has 45 heavy (non-hydrogen) atoms. The topological polar surface area (TPSA) is 189 Å². The normalized spacial score (nSPS) is 19.7. The lowest BCUT2D eigenvalue weighted by Gasteiger charge is -2.53. The molecule has 0 saturated carbocycles. The van der Waals surface area contributed by atoms with Crippen LogP contribution < -0.4 is 5.14 Å². The highest BCUT2D eigenvalue weighted by molar-refractivity contribution is 8.02. The van der Waals surface area contributed by atoms with Crippen LogP contribution in [-0.4, -0.2) is 64.9 Å². The second-order valence-corrected chi connectivity index (χ2v) is 12.8. The number of nitro groups is 1. The Balaban J connectivity index is 1.53. The van der Waals surface area contributed by atoms with Gasteiger partial charge < -0.3 is 9.47 Å². The molecule has 1 fully saturated rings. The number of esters is 2. The molecule has 0 bridgehead atoms. The molecule has 1 amide bonds. The molecule has 2 heterocycles. The Hall–Kier alpha value is -4.86. The summed E-state index contributed by atoms with van der Waals surface area (Å²) in [6.45, 7) is 0.838. The standard InChI is InChI=1S/C30H26N4O9S2/c1-19(35)42-17-23-18-44-29-30(45(31,40)41,32-16-20-12-14-24(15-13-20)34(38)39)28(37)33(29)25(23)27(36)43-26(21-8-4-2-5-9-21)22-10-6-3-7-11-22/h2-16,26,29H,17-18H2,1H3,(H2,31,40,41)/t29-,30?/m1/s1. The van der Waals surface area contributed by atoms with Gasteiger partial charge in [0.05, 0.1) is 4.92 Å². The molecule has 13 nitrogen and oxygen atoms in total. The van der Waals surface area contributed by atoms with Crippen LogP contribution in [0.3, 0.4) is 0 Å². The molecular weight excluding hydrogens is 624 g/mol. The van der Waals surface area contributed by atoms with Gasteiger partial charge in [0.25, 0.3) is 16.5 Å². The maximum absolute atomic E-state index is 14.0. The molecule has 0 spiro atoms. The number of amides is 1. The third-order valence-corrected chi connectivity index (χ3v) is 10.0. The van der Waals surface area contributed by atoms with Gasteiger partial charge in [0.2, 0.25) is 10.0 Å². The molecule has 2 atom stereocenters. The molecule has 0 radical (unpaired) electrons. The van der Waals surface area contributed by atoms with Gasteiger partial charge in [-0.25, -0.2) is 18.4 Å². The number of ether oxygens (including phenoxy) is 2. The van der Waals surface area contributed by atoms with Gasteiger partial charge in [-0.15, -0.1) is 11.8 Å². The van der Waals surface area contributed by atoms with Gasteiger partial charge in [-0.1, -0.05) is 60.7 Å². The average Bonchev–Trinajstić information content (AvgIpc) is 3.02. The van der Waals surface area contributed by atoms with E-state index in [1.54, 1.807) is 60.7 Å². The molecule has 3 aromatic carbocycles. The minimum Gasteiger partial charge on any atom is -0.461 e. The number of fused-ring (bicyclic) bond motifs is 1. The van der Waals surface area contributed by atoms with Gasteiger partial charge in [-0.05, 0) is 28.8 Å².